The molecule has 5 nitrogen and oxygen atoms in total. The minimum Gasteiger partial charge on any atom is -0.482 e. The number of benzene rings is 1. The molecule has 22 heavy (non-hydrogen) atoms. The molecule has 1 aromatic heterocycles. The average molecular weight is 318 g/mol. The number of anilines is 1. The summed E-state index contributed by atoms with van der Waals surface area (Å²) in [6, 6.07) is 11.0. The highest BCUT2D eigenvalue weighted by Crippen LogP contribution is 2.23. The van der Waals surface area contributed by atoms with Crippen molar-refractivity contribution in [1.82, 2.24) is 4.90 Å². The predicted molar refractivity (Wildman–Crippen MR) is 87.0 cm³/mol. The van der Waals surface area contributed by atoms with Crippen LogP contribution in [0.15, 0.2) is 41.8 Å². The third-order valence-corrected chi connectivity index (χ3v) is 3.81. The summed E-state index contributed by atoms with van der Waals surface area (Å²) in [7, 11) is 1.74. The second-order valence-corrected chi connectivity index (χ2v) is 5.83. The second kappa shape index (κ2) is 7.61. The highest BCUT2D eigenvalue weighted by molar-refractivity contribution is 7.09. The molecule has 0 atom stereocenters. The molecule has 1 N–H and O–H groups in total. The Balaban J connectivity index is 1.92. The molecule has 0 saturated carbocycles. The largest absolute Gasteiger partial charge is 0.482 e. The van der Waals surface area contributed by atoms with E-state index >= 15 is 0 Å². The van der Waals surface area contributed by atoms with E-state index in [1.807, 2.05) is 17.5 Å². The van der Waals surface area contributed by atoms with E-state index in [9.17, 15) is 9.59 Å². The lowest BCUT2D eigenvalue weighted by atomic mass is 10.3. The van der Waals surface area contributed by atoms with Crippen molar-refractivity contribution >= 4 is 28.8 Å². The maximum Gasteiger partial charge on any atom is 0.260 e. The van der Waals surface area contributed by atoms with Gasteiger partial charge in [0, 0.05) is 18.8 Å². The van der Waals surface area contributed by atoms with Crippen LogP contribution in [0.4, 0.5) is 5.69 Å². The van der Waals surface area contributed by atoms with E-state index in [0.29, 0.717) is 18.0 Å². The number of rotatable bonds is 6. The van der Waals surface area contributed by atoms with Gasteiger partial charge in [0.15, 0.2) is 6.61 Å². The molecule has 0 aliphatic carbocycles. The number of likely N-dealkylation sites (N-methyl/N-ethyl adjacent to an activating group) is 1. The van der Waals surface area contributed by atoms with Gasteiger partial charge in [-0.1, -0.05) is 18.2 Å². The van der Waals surface area contributed by atoms with Crippen molar-refractivity contribution in [2.45, 2.75) is 13.5 Å². The molecule has 0 unspecified atom stereocenters. The number of amides is 2. The topological polar surface area (TPSA) is 58.6 Å². The van der Waals surface area contributed by atoms with Crippen molar-refractivity contribution in [2.24, 2.45) is 0 Å². The Kier molecular flexibility index (Phi) is 5.55. The number of para-hydroxylation sites is 2. The average Bonchev–Trinajstić information content (AvgIpc) is 2.98. The minimum absolute atomic E-state index is 0.0710. The van der Waals surface area contributed by atoms with Gasteiger partial charge in [-0.25, -0.2) is 0 Å². The van der Waals surface area contributed by atoms with Gasteiger partial charge in [-0.05, 0) is 23.6 Å². The molecule has 0 aliphatic heterocycles. The fourth-order valence-electron chi connectivity index (χ4n) is 1.86. The zero-order valence-corrected chi connectivity index (χ0v) is 13.4. The van der Waals surface area contributed by atoms with Crippen LogP contribution in [0.1, 0.15) is 11.8 Å². The van der Waals surface area contributed by atoms with Crippen molar-refractivity contribution in [3.63, 3.8) is 0 Å². The molecule has 0 radical (unpaired) electrons. The molecular formula is C16H18N2O3S. The van der Waals surface area contributed by atoms with Gasteiger partial charge in [-0.2, -0.15) is 0 Å². The fourth-order valence-corrected chi connectivity index (χ4v) is 2.62. The van der Waals surface area contributed by atoms with Gasteiger partial charge in [0.05, 0.1) is 12.2 Å². The third kappa shape index (κ3) is 4.60. The fraction of sp³-hybridized carbons (Fsp3) is 0.250. The summed E-state index contributed by atoms with van der Waals surface area (Å²) in [4.78, 5) is 26.0. The first kappa shape index (κ1) is 16.0. The molecule has 0 bridgehead atoms. The number of nitrogens with zero attached hydrogens (tertiary/aromatic N) is 1. The van der Waals surface area contributed by atoms with Crippen LogP contribution in [0, 0.1) is 0 Å². The van der Waals surface area contributed by atoms with E-state index in [1.165, 1.54) is 6.92 Å². The first-order valence-corrected chi connectivity index (χ1v) is 7.70. The Morgan fingerprint density at radius 3 is 2.68 bits per heavy atom. The zero-order valence-electron chi connectivity index (χ0n) is 12.5. The highest BCUT2D eigenvalue weighted by atomic mass is 32.1. The Bertz CT molecular complexity index is 641. The quantitative estimate of drug-likeness (QED) is 0.891. The van der Waals surface area contributed by atoms with Gasteiger partial charge in [0.2, 0.25) is 5.91 Å². The molecule has 0 aliphatic rings. The lowest BCUT2D eigenvalue weighted by molar-refractivity contribution is -0.132. The number of carbonyl (C=O) groups is 2. The van der Waals surface area contributed by atoms with Crippen LogP contribution in [0.25, 0.3) is 0 Å². The van der Waals surface area contributed by atoms with Gasteiger partial charge in [-0.3, -0.25) is 9.59 Å². The number of hydrogen-bond donors (Lipinski definition) is 1. The Morgan fingerprint density at radius 2 is 2.00 bits per heavy atom. The third-order valence-electron chi connectivity index (χ3n) is 2.95. The van der Waals surface area contributed by atoms with Crippen molar-refractivity contribution in [2.75, 3.05) is 19.0 Å². The molecule has 0 fully saturated rings. The monoisotopic (exact) mass is 318 g/mol. The maximum atomic E-state index is 12.1. The summed E-state index contributed by atoms with van der Waals surface area (Å²) >= 11 is 1.61. The van der Waals surface area contributed by atoms with E-state index in [0.717, 1.165) is 4.88 Å². The lowest BCUT2D eigenvalue weighted by Gasteiger charge is -2.17. The van der Waals surface area contributed by atoms with Crippen LogP contribution in [0.2, 0.25) is 0 Å². The van der Waals surface area contributed by atoms with Gasteiger partial charge in [0.1, 0.15) is 5.75 Å². The number of thiophene rings is 1. The van der Waals surface area contributed by atoms with Gasteiger partial charge in [0.25, 0.3) is 5.91 Å². The van der Waals surface area contributed by atoms with Crippen LogP contribution in [0.5, 0.6) is 5.75 Å². The maximum absolute atomic E-state index is 12.1. The Morgan fingerprint density at radius 1 is 1.23 bits per heavy atom. The van der Waals surface area contributed by atoms with Gasteiger partial charge in [-0.15, -0.1) is 11.3 Å². The molecule has 1 aromatic carbocycles. The van der Waals surface area contributed by atoms with Crippen LogP contribution in [-0.2, 0) is 16.1 Å². The smallest absolute Gasteiger partial charge is 0.260 e. The SMILES string of the molecule is CC(=O)Nc1ccccc1OCC(=O)N(C)Cc1cccs1. The summed E-state index contributed by atoms with van der Waals surface area (Å²) in [6.45, 7) is 1.92. The number of nitrogens with one attached hydrogen (secondary N) is 1. The standard InChI is InChI=1S/C16H18N2O3S/c1-12(19)17-14-7-3-4-8-15(14)21-11-16(20)18(2)10-13-6-5-9-22-13/h3-9H,10-11H2,1-2H3,(H,17,19). The summed E-state index contributed by atoms with van der Waals surface area (Å²) in [5.74, 6) is 0.179. The molecule has 2 rings (SSSR count). The molecule has 2 amide bonds. The molecule has 0 spiro atoms. The van der Waals surface area contributed by atoms with E-state index in [2.05, 4.69) is 5.32 Å². The Hall–Kier alpha value is -2.34. The van der Waals surface area contributed by atoms with E-state index < -0.39 is 0 Å². The van der Waals surface area contributed by atoms with Crippen LogP contribution in [-0.4, -0.2) is 30.4 Å². The van der Waals surface area contributed by atoms with E-state index in [-0.39, 0.29) is 18.4 Å². The number of hydrogen-bond acceptors (Lipinski definition) is 4. The minimum atomic E-state index is -0.183. The zero-order chi connectivity index (χ0) is 15.9. The molecule has 0 saturated heterocycles. The van der Waals surface area contributed by atoms with Crippen LogP contribution >= 0.6 is 11.3 Å². The molecule has 116 valence electrons. The second-order valence-electron chi connectivity index (χ2n) is 4.80. The number of carbonyl (C=O) groups excluding carboxylic acids is 2. The van der Waals surface area contributed by atoms with E-state index in [4.69, 9.17) is 4.74 Å². The molecule has 1 heterocycles. The summed E-state index contributed by atoms with van der Waals surface area (Å²) < 4.78 is 5.54. The Labute approximate surface area is 133 Å². The summed E-state index contributed by atoms with van der Waals surface area (Å²) in [5.41, 5.74) is 0.559. The molecule has 2 aromatic rings. The van der Waals surface area contributed by atoms with Crippen LogP contribution < -0.4 is 10.1 Å². The van der Waals surface area contributed by atoms with Gasteiger partial charge >= 0.3 is 0 Å². The highest BCUT2D eigenvalue weighted by Gasteiger charge is 2.12. The summed E-state index contributed by atoms with van der Waals surface area (Å²) in [6.07, 6.45) is 0. The first-order valence-electron chi connectivity index (χ1n) is 6.82. The van der Waals surface area contributed by atoms with Crippen molar-refractivity contribution in [3.05, 3.63) is 46.7 Å². The van der Waals surface area contributed by atoms with Crippen molar-refractivity contribution < 1.29 is 14.3 Å². The normalized spacial score (nSPS) is 10.1. The predicted octanol–water partition coefficient (Wildman–Crippen LogP) is 2.74. The van der Waals surface area contributed by atoms with Gasteiger partial charge < -0.3 is 15.0 Å². The first-order chi connectivity index (χ1) is 10.6. The van der Waals surface area contributed by atoms with Crippen molar-refractivity contribution in [3.8, 4) is 5.75 Å². The number of ether oxygens (including phenoxy) is 1. The van der Waals surface area contributed by atoms with E-state index in [1.54, 1.807) is 47.5 Å². The van der Waals surface area contributed by atoms with Crippen molar-refractivity contribution in [1.29, 1.82) is 0 Å². The molecule has 6 heteroatoms. The molecular weight excluding hydrogens is 300 g/mol. The van der Waals surface area contributed by atoms with Crippen LogP contribution in [0.3, 0.4) is 0 Å². The lowest BCUT2D eigenvalue weighted by Crippen LogP contribution is -2.30. The summed E-state index contributed by atoms with van der Waals surface area (Å²) in [5, 5.41) is 4.66.